The number of aliphatic carboxylic acids is 1. The van der Waals surface area contributed by atoms with E-state index in [2.05, 4.69) is 22.6 Å². The molecule has 3 heteroatoms. The molecule has 0 aromatic heterocycles. The molecule has 0 heterocycles. The van der Waals surface area contributed by atoms with Gasteiger partial charge in [0.05, 0.1) is 6.42 Å². The highest BCUT2D eigenvalue weighted by Gasteiger charge is 2.05. The summed E-state index contributed by atoms with van der Waals surface area (Å²) in [6.45, 7) is 0. The number of rotatable bonds is 2. The van der Waals surface area contributed by atoms with Gasteiger partial charge in [0.15, 0.2) is 0 Å². The standard InChI is InChI=1S/C12H9IO2/c13-10-5-4-8-2-1-3-9(6-12(14)15)11(8)7-10/h1-5,7H,6H2,(H,14,15). The fraction of sp³-hybridized carbons (Fsp3) is 0.0833. The van der Waals surface area contributed by atoms with Crippen LogP contribution in [0.1, 0.15) is 5.56 Å². The quantitative estimate of drug-likeness (QED) is 0.865. The zero-order chi connectivity index (χ0) is 10.8. The minimum atomic E-state index is -0.790. The highest BCUT2D eigenvalue weighted by atomic mass is 127. The smallest absolute Gasteiger partial charge is 0.307 e. The van der Waals surface area contributed by atoms with Crippen molar-refractivity contribution in [3.05, 3.63) is 45.5 Å². The summed E-state index contributed by atoms with van der Waals surface area (Å²) < 4.78 is 1.12. The molecule has 2 aromatic carbocycles. The Morgan fingerprint density at radius 1 is 1.27 bits per heavy atom. The molecule has 15 heavy (non-hydrogen) atoms. The average Bonchev–Trinajstić information content (AvgIpc) is 2.18. The van der Waals surface area contributed by atoms with E-state index in [1.165, 1.54) is 0 Å². The molecule has 0 saturated carbocycles. The van der Waals surface area contributed by atoms with E-state index in [1.807, 2.05) is 36.4 Å². The number of benzene rings is 2. The lowest BCUT2D eigenvalue weighted by molar-refractivity contribution is -0.136. The summed E-state index contributed by atoms with van der Waals surface area (Å²) in [5.41, 5.74) is 0.874. The van der Waals surface area contributed by atoms with E-state index < -0.39 is 5.97 Å². The predicted molar refractivity (Wildman–Crippen MR) is 68.0 cm³/mol. The molecule has 0 atom stereocenters. The fourth-order valence-electron chi connectivity index (χ4n) is 1.63. The van der Waals surface area contributed by atoms with Gasteiger partial charge in [-0.1, -0.05) is 24.3 Å². The first-order valence-electron chi connectivity index (χ1n) is 4.56. The predicted octanol–water partition coefficient (Wildman–Crippen LogP) is 3.07. The number of carbonyl (C=O) groups is 1. The molecular formula is C12H9IO2. The van der Waals surface area contributed by atoms with Crippen molar-refractivity contribution in [2.75, 3.05) is 0 Å². The highest BCUT2D eigenvalue weighted by molar-refractivity contribution is 14.1. The van der Waals surface area contributed by atoms with Gasteiger partial charge in [-0.2, -0.15) is 0 Å². The lowest BCUT2D eigenvalue weighted by Crippen LogP contribution is -2.00. The van der Waals surface area contributed by atoms with E-state index in [9.17, 15) is 4.79 Å². The summed E-state index contributed by atoms with van der Waals surface area (Å²) in [5.74, 6) is -0.790. The summed E-state index contributed by atoms with van der Waals surface area (Å²) in [7, 11) is 0. The maximum atomic E-state index is 10.7. The van der Waals surface area contributed by atoms with Gasteiger partial charge in [-0.25, -0.2) is 0 Å². The largest absolute Gasteiger partial charge is 0.481 e. The van der Waals surface area contributed by atoms with Gasteiger partial charge in [-0.3, -0.25) is 4.79 Å². The van der Waals surface area contributed by atoms with Gasteiger partial charge in [0.2, 0.25) is 0 Å². The Morgan fingerprint density at radius 3 is 2.80 bits per heavy atom. The van der Waals surface area contributed by atoms with Crippen molar-refractivity contribution >= 4 is 39.3 Å². The number of halogens is 1. The molecule has 76 valence electrons. The van der Waals surface area contributed by atoms with Crippen molar-refractivity contribution in [1.29, 1.82) is 0 Å². The Labute approximate surface area is 101 Å². The third kappa shape index (κ3) is 2.28. The first kappa shape index (κ1) is 10.4. The van der Waals surface area contributed by atoms with Crippen LogP contribution in [0.2, 0.25) is 0 Å². The molecule has 0 aliphatic rings. The van der Waals surface area contributed by atoms with E-state index in [0.717, 1.165) is 19.9 Å². The van der Waals surface area contributed by atoms with Crippen molar-refractivity contribution in [1.82, 2.24) is 0 Å². The summed E-state index contributed by atoms with van der Waals surface area (Å²) in [5, 5.41) is 10.9. The van der Waals surface area contributed by atoms with Crippen molar-refractivity contribution < 1.29 is 9.90 Å². The second-order valence-electron chi connectivity index (χ2n) is 3.35. The number of carboxylic acids is 1. The van der Waals surface area contributed by atoms with E-state index in [0.29, 0.717) is 0 Å². The first-order chi connectivity index (χ1) is 7.16. The second-order valence-corrected chi connectivity index (χ2v) is 4.60. The van der Waals surface area contributed by atoms with Crippen LogP contribution in [0.3, 0.4) is 0 Å². The summed E-state index contributed by atoms with van der Waals surface area (Å²) in [6.07, 6.45) is 0.0808. The minimum Gasteiger partial charge on any atom is -0.481 e. The Balaban J connectivity index is 2.63. The molecule has 0 unspecified atom stereocenters. The zero-order valence-electron chi connectivity index (χ0n) is 7.90. The molecule has 0 aliphatic carbocycles. The van der Waals surface area contributed by atoms with E-state index in [4.69, 9.17) is 5.11 Å². The Kier molecular flexibility index (Phi) is 2.90. The number of hydrogen-bond acceptors (Lipinski definition) is 1. The molecule has 0 saturated heterocycles. The van der Waals surface area contributed by atoms with Crippen LogP contribution in [0.5, 0.6) is 0 Å². The third-order valence-electron chi connectivity index (χ3n) is 2.28. The maximum Gasteiger partial charge on any atom is 0.307 e. The van der Waals surface area contributed by atoms with Crippen LogP contribution < -0.4 is 0 Å². The van der Waals surface area contributed by atoms with Crippen molar-refractivity contribution in [3.8, 4) is 0 Å². The van der Waals surface area contributed by atoms with E-state index in [-0.39, 0.29) is 6.42 Å². The molecule has 0 spiro atoms. The summed E-state index contributed by atoms with van der Waals surface area (Å²) in [6, 6.07) is 11.8. The topological polar surface area (TPSA) is 37.3 Å². The van der Waals surface area contributed by atoms with Crippen LogP contribution in [-0.2, 0) is 11.2 Å². The first-order valence-corrected chi connectivity index (χ1v) is 5.63. The fourth-order valence-corrected chi connectivity index (χ4v) is 2.12. The SMILES string of the molecule is O=C(O)Cc1cccc2ccc(I)cc12. The van der Waals surface area contributed by atoms with Gasteiger partial charge in [-0.05, 0) is 51.1 Å². The molecule has 0 bridgehead atoms. The Hall–Kier alpha value is -1.10. The van der Waals surface area contributed by atoms with Gasteiger partial charge < -0.3 is 5.11 Å². The summed E-state index contributed by atoms with van der Waals surface area (Å²) >= 11 is 2.23. The van der Waals surface area contributed by atoms with Crippen molar-refractivity contribution in [2.24, 2.45) is 0 Å². The molecule has 0 radical (unpaired) electrons. The van der Waals surface area contributed by atoms with Crippen LogP contribution in [0, 0.1) is 3.57 Å². The van der Waals surface area contributed by atoms with Gasteiger partial charge >= 0.3 is 5.97 Å². The monoisotopic (exact) mass is 312 g/mol. The molecule has 2 rings (SSSR count). The molecule has 2 aromatic rings. The van der Waals surface area contributed by atoms with Crippen LogP contribution in [0.4, 0.5) is 0 Å². The molecule has 2 nitrogen and oxygen atoms in total. The van der Waals surface area contributed by atoms with Gasteiger partial charge in [0.25, 0.3) is 0 Å². The van der Waals surface area contributed by atoms with Crippen LogP contribution >= 0.6 is 22.6 Å². The van der Waals surface area contributed by atoms with Gasteiger partial charge in [0.1, 0.15) is 0 Å². The maximum absolute atomic E-state index is 10.7. The molecule has 0 fully saturated rings. The molecule has 0 aliphatic heterocycles. The van der Waals surface area contributed by atoms with Gasteiger partial charge in [-0.15, -0.1) is 0 Å². The lowest BCUT2D eigenvalue weighted by atomic mass is 10.0. The van der Waals surface area contributed by atoms with E-state index >= 15 is 0 Å². The summed E-state index contributed by atoms with van der Waals surface area (Å²) in [4.78, 5) is 10.7. The minimum absolute atomic E-state index is 0.0808. The number of fused-ring (bicyclic) bond motifs is 1. The average molecular weight is 312 g/mol. The Morgan fingerprint density at radius 2 is 2.07 bits per heavy atom. The van der Waals surface area contributed by atoms with E-state index in [1.54, 1.807) is 0 Å². The van der Waals surface area contributed by atoms with Crippen LogP contribution in [0.15, 0.2) is 36.4 Å². The third-order valence-corrected chi connectivity index (χ3v) is 2.95. The highest BCUT2D eigenvalue weighted by Crippen LogP contribution is 2.21. The normalized spacial score (nSPS) is 10.5. The number of carboxylic acid groups (broad SMARTS) is 1. The lowest BCUT2D eigenvalue weighted by Gasteiger charge is -2.04. The zero-order valence-corrected chi connectivity index (χ0v) is 10.1. The second kappa shape index (κ2) is 4.18. The van der Waals surface area contributed by atoms with Crippen molar-refractivity contribution in [2.45, 2.75) is 6.42 Å². The Bertz CT molecular complexity index is 520. The van der Waals surface area contributed by atoms with Gasteiger partial charge in [0, 0.05) is 3.57 Å². The van der Waals surface area contributed by atoms with Crippen LogP contribution in [0.25, 0.3) is 10.8 Å². The molecular weight excluding hydrogens is 303 g/mol. The van der Waals surface area contributed by atoms with Crippen molar-refractivity contribution in [3.63, 3.8) is 0 Å². The number of hydrogen-bond donors (Lipinski definition) is 1. The molecule has 0 amide bonds. The van der Waals surface area contributed by atoms with Crippen LogP contribution in [-0.4, -0.2) is 11.1 Å². The molecule has 1 N–H and O–H groups in total.